The van der Waals surface area contributed by atoms with E-state index in [2.05, 4.69) is 19.2 Å². The van der Waals surface area contributed by atoms with Crippen LogP contribution in [-0.4, -0.2) is 23.0 Å². The second-order valence-electron chi connectivity index (χ2n) is 4.78. The Labute approximate surface area is 96.4 Å². The summed E-state index contributed by atoms with van der Waals surface area (Å²) in [6.45, 7) is 5.72. The van der Waals surface area contributed by atoms with Gasteiger partial charge >= 0.3 is 5.97 Å². The lowest BCUT2D eigenvalue weighted by atomic mass is 9.93. The summed E-state index contributed by atoms with van der Waals surface area (Å²) in [6.07, 6.45) is 3.23. The first-order chi connectivity index (χ1) is 7.47. The normalized spacial score (nSPS) is 31.1. The Morgan fingerprint density at radius 2 is 2.06 bits per heavy atom. The van der Waals surface area contributed by atoms with Gasteiger partial charge in [0.1, 0.15) is 5.92 Å². The predicted octanol–water partition coefficient (Wildman–Crippen LogP) is 1.65. The summed E-state index contributed by atoms with van der Waals surface area (Å²) in [5, 5.41) is 11.6. The van der Waals surface area contributed by atoms with E-state index in [1.807, 2.05) is 0 Å². The van der Waals surface area contributed by atoms with Gasteiger partial charge in [0.05, 0.1) is 0 Å². The third-order valence-electron chi connectivity index (χ3n) is 3.84. The molecule has 4 unspecified atom stereocenters. The van der Waals surface area contributed by atoms with Crippen LogP contribution in [0.4, 0.5) is 0 Å². The number of carboxylic acids is 1. The fourth-order valence-electron chi connectivity index (χ4n) is 2.45. The molecule has 92 valence electrons. The number of carbonyl (C=O) groups excluding carboxylic acids is 1. The topological polar surface area (TPSA) is 66.4 Å². The summed E-state index contributed by atoms with van der Waals surface area (Å²) in [6, 6.07) is 0.152. The summed E-state index contributed by atoms with van der Waals surface area (Å²) in [5.74, 6) is -1.26. The van der Waals surface area contributed by atoms with Gasteiger partial charge in [-0.25, -0.2) is 0 Å². The molecule has 0 saturated heterocycles. The van der Waals surface area contributed by atoms with Gasteiger partial charge in [-0.2, -0.15) is 0 Å². The molecule has 1 aliphatic carbocycles. The van der Waals surface area contributed by atoms with Gasteiger partial charge in [0.25, 0.3) is 0 Å². The lowest BCUT2D eigenvalue weighted by molar-refractivity contribution is -0.146. The monoisotopic (exact) mass is 227 g/mol. The minimum Gasteiger partial charge on any atom is -0.481 e. The summed E-state index contributed by atoms with van der Waals surface area (Å²) in [5.41, 5.74) is 0. The maximum absolute atomic E-state index is 11.6. The van der Waals surface area contributed by atoms with Crippen LogP contribution in [-0.2, 0) is 9.59 Å². The molecular formula is C12H21NO3. The third kappa shape index (κ3) is 2.74. The molecule has 1 amide bonds. The molecule has 0 spiro atoms. The molecule has 4 nitrogen and oxygen atoms in total. The average molecular weight is 227 g/mol. The van der Waals surface area contributed by atoms with Crippen LogP contribution < -0.4 is 5.32 Å². The van der Waals surface area contributed by atoms with Gasteiger partial charge in [-0.05, 0) is 31.6 Å². The SMILES string of the molecule is CCC1CCC(NC(=O)C(C)C(=O)O)C1C. The highest BCUT2D eigenvalue weighted by atomic mass is 16.4. The van der Waals surface area contributed by atoms with E-state index in [0.717, 1.165) is 19.3 Å². The number of rotatable bonds is 4. The van der Waals surface area contributed by atoms with E-state index < -0.39 is 11.9 Å². The zero-order valence-electron chi connectivity index (χ0n) is 10.2. The van der Waals surface area contributed by atoms with Crippen molar-refractivity contribution in [3.63, 3.8) is 0 Å². The molecule has 0 aromatic carbocycles. The molecule has 0 heterocycles. The van der Waals surface area contributed by atoms with Gasteiger partial charge in [0, 0.05) is 6.04 Å². The van der Waals surface area contributed by atoms with Crippen LogP contribution in [0.15, 0.2) is 0 Å². The number of nitrogens with one attached hydrogen (secondary N) is 1. The molecule has 1 saturated carbocycles. The standard InChI is InChI=1S/C12H21NO3/c1-4-9-5-6-10(7(9)2)13-11(14)8(3)12(15)16/h7-10H,4-6H2,1-3H3,(H,13,14)(H,15,16). The van der Waals surface area contributed by atoms with E-state index in [1.165, 1.54) is 6.92 Å². The highest BCUT2D eigenvalue weighted by Gasteiger charge is 2.34. The van der Waals surface area contributed by atoms with Crippen LogP contribution in [0.1, 0.15) is 40.0 Å². The smallest absolute Gasteiger partial charge is 0.315 e. The van der Waals surface area contributed by atoms with Gasteiger partial charge in [-0.1, -0.05) is 20.3 Å². The maximum Gasteiger partial charge on any atom is 0.315 e. The van der Waals surface area contributed by atoms with Crippen LogP contribution in [0.25, 0.3) is 0 Å². The minimum atomic E-state index is -1.06. The second kappa shape index (κ2) is 5.32. The predicted molar refractivity (Wildman–Crippen MR) is 60.9 cm³/mol. The fourth-order valence-corrected chi connectivity index (χ4v) is 2.45. The lowest BCUT2D eigenvalue weighted by Crippen LogP contribution is -2.42. The van der Waals surface area contributed by atoms with Crippen molar-refractivity contribution >= 4 is 11.9 Å². The molecular weight excluding hydrogens is 206 g/mol. The second-order valence-corrected chi connectivity index (χ2v) is 4.78. The lowest BCUT2D eigenvalue weighted by Gasteiger charge is -2.21. The molecule has 0 aromatic rings. The van der Waals surface area contributed by atoms with Crippen molar-refractivity contribution in [2.75, 3.05) is 0 Å². The van der Waals surface area contributed by atoms with Gasteiger partial charge in [0.2, 0.25) is 5.91 Å². The van der Waals surface area contributed by atoms with Crippen LogP contribution in [0.3, 0.4) is 0 Å². The summed E-state index contributed by atoms with van der Waals surface area (Å²) in [7, 11) is 0. The zero-order valence-corrected chi connectivity index (χ0v) is 10.2. The molecule has 4 heteroatoms. The fraction of sp³-hybridized carbons (Fsp3) is 0.833. The van der Waals surface area contributed by atoms with E-state index in [-0.39, 0.29) is 11.9 Å². The molecule has 2 N–H and O–H groups in total. The molecule has 16 heavy (non-hydrogen) atoms. The number of amides is 1. The van der Waals surface area contributed by atoms with Crippen molar-refractivity contribution in [3.05, 3.63) is 0 Å². The molecule has 0 aliphatic heterocycles. The Morgan fingerprint density at radius 3 is 2.50 bits per heavy atom. The van der Waals surface area contributed by atoms with Gasteiger partial charge in [-0.3, -0.25) is 9.59 Å². The number of carbonyl (C=O) groups is 2. The largest absolute Gasteiger partial charge is 0.481 e. The molecule has 0 bridgehead atoms. The zero-order chi connectivity index (χ0) is 12.3. The Kier molecular flexibility index (Phi) is 4.33. The minimum absolute atomic E-state index is 0.152. The molecule has 1 rings (SSSR count). The van der Waals surface area contributed by atoms with Crippen molar-refractivity contribution in [3.8, 4) is 0 Å². The molecule has 1 fully saturated rings. The first-order valence-corrected chi connectivity index (χ1v) is 6.00. The van der Waals surface area contributed by atoms with E-state index >= 15 is 0 Å². The van der Waals surface area contributed by atoms with Crippen molar-refractivity contribution in [2.45, 2.75) is 46.1 Å². The Balaban J connectivity index is 2.50. The van der Waals surface area contributed by atoms with E-state index in [0.29, 0.717) is 11.8 Å². The molecule has 0 radical (unpaired) electrons. The van der Waals surface area contributed by atoms with Gasteiger partial charge in [-0.15, -0.1) is 0 Å². The van der Waals surface area contributed by atoms with Gasteiger partial charge in [0.15, 0.2) is 0 Å². The van der Waals surface area contributed by atoms with Crippen LogP contribution in [0.2, 0.25) is 0 Å². The maximum atomic E-state index is 11.6. The number of hydrogen-bond donors (Lipinski definition) is 2. The highest BCUT2D eigenvalue weighted by molar-refractivity contribution is 5.96. The summed E-state index contributed by atoms with van der Waals surface area (Å²) in [4.78, 5) is 22.2. The Bertz CT molecular complexity index is 277. The van der Waals surface area contributed by atoms with E-state index in [4.69, 9.17) is 5.11 Å². The molecule has 1 aliphatic rings. The number of aliphatic carboxylic acids is 1. The first-order valence-electron chi connectivity index (χ1n) is 6.00. The van der Waals surface area contributed by atoms with Crippen molar-refractivity contribution in [1.29, 1.82) is 0 Å². The van der Waals surface area contributed by atoms with Crippen LogP contribution in [0, 0.1) is 17.8 Å². The van der Waals surface area contributed by atoms with Crippen LogP contribution >= 0.6 is 0 Å². The van der Waals surface area contributed by atoms with Gasteiger partial charge < -0.3 is 10.4 Å². The number of carboxylic acid groups (broad SMARTS) is 1. The third-order valence-corrected chi connectivity index (χ3v) is 3.84. The van der Waals surface area contributed by atoms with Crippen LogP contribution in [0.5, 0.6) is 0 Å². The number of hydrogen-bond acceptors (Lipinski definition) is 2. The molecule has 4 atom stereocenters. The molecule has 0 aromatic heterocycles. The van der Waals surface area contributed by atoms with E-state index in [1.54, 1.807) is 0 Å². The van der Waals surface area contributed by atoms with Crippen molar-refractivity contribution in [2.24, 2.45) is 17.8 Å². The average Bonchev–Trinajstić information content (AvgIpc) is 2.58. The first kappa shape index (κ1) is 13.0. The van der Waals surface area contributed by atoms with E-state index in [9.17, 15) is 9.59 Å². The quantitative estimate of drug-likeness (QED) is 0.718. The summed E-state index contributed by atoms with van der Waals surface area (Å²) >= 11 is 0. The Morgan fingerprint density at radius 1 is 1.44 bits per heavy atom. The Hall–Kier alpha value is -1.06. The van der Waals surface area contributed by atoms with Crippen molar-refractivity contribution < 1.29 is 14.7 Å². The highest BCUT2D eigenvalue weighted by Crippen LogP contribution is 2.33. The van der Waals surface area contributed by atoms with Crippen molar-refractivity contribution in [1.82, 2.24) is 5.32 Å². The summed E-state index contributed by atoms with van der Waals surface area (Å²) < 4.78 is 0.